The van der Waals surface area contributed by atoms with Crippen LogP contribution in [0.3, 0.4) is 0 Å². The second-order valence-electron chi connectivity index (χ2n) is 6.33. The fourth-order valence-corrected chi connectivity index (χ4v) is 3.81. The van der Waals surface area contributed by atoms with Crippen LogP contribution in [0, 0.1) is 13.8 Å². The predicted molar refractivity (Wildman–Crippen MR) is 106 cm³/mol. The molecule has 7 nitrogen and oxygen atoms in total. The highest BCUT2D eigenvalue weighted by Gasteiger charge is 2.18. The molecule has 0 spiro atoms. The van der Waals surface area contributed by atoms with Crippen molar-refractivity contribution in [2.24, 2.45) is 0 Å². The van der Waals surface area contributed by atoms with Crippen molar-refractivity contribution in [1.29, 1.82) is 0 Å². The molecule has 0 atom stereocenters. The highest BCUT2D eigenvalue weighted by atomic mass is 32.1. The number of aryl methyl sites for hydroxylation is 3. The first-order valence-corrected chi connectivity index (χ1v) is 9.67. The Morgan fingerprint density at radius 3 is 2.68 bits per heavy atom. The van der Waals surface area contributed by atoms with Gasteiger partial charge < -0.3 is 14.5 Å². The summed E-state index contributed by atoms with van der Waals surface area (Å²) in [7, 11) is 0. The lowest BCUT2D eigenvalue weighted by molar-refractivity contribution is -0.114. The van der Waals surface area contributed by atoms with E-state index in [9.17, 15) is 9.59 Å². The highest BCUT2D eigenvalue weighted by molar-refractivity contribution is 7.15. The summed E-state index contributed by atoms with van der Waals surface area (Å²) in [5.74, 6) is -0.218. The van der Waals surface area contributed by atoms with Gasteiger partial charge in [-0.1, -0.05) is 19.1 Å². The number of carbonyl (C=O) groups is 2. The van der Waals surface area contributed by atoms with Crippen LogP contribution in [-0.4, -0.2) is 22.1 Å². The second-order valence-corrected chi connectivity index (χ2v) is 7.46. The van der Waals surface area contributed by atoms with Crippen LogP contribution >= 0.6 is 11.3 Å². The molecule has 0 aliphatic heterocycles. The topological polar surface area (TPSA) is 94.3 Å². The van der Waals surface area contributed by atoms with Gasteiger partial charge in [0.25, 0.3) is 11.8 Å². The third-order valence-corrected chi connectivity index (χ3v) is 5.51. The molecule has 2 aromatic heterocycles. The maximum absolute atomic E-state index is 12.5. The van der Waals surface area contributed by atoms with Crippen LogP contribution < -0.4 is 5.32 Å². The van der Waals surface area contributed by atoms with Crippen LogP contribution in [0.4, 0.5) is 5.69 Å². The van der Waals surface area contributed by atoms with E-state index in [4.69, 9.17) is 9.15 Å². The predicted octanol–water partition coefficient (Wildman–Crippen LogP) is 4.29. The third kappa shape index (κ3) is 4.28. The zero-order chi connectivity index (χ0) is 20.3. The number of benzene rings is 1. The summed E-state index contributed by atoms with van der Waals surface area (Å²) < 4.78 is 10.9. The molecule has 0 unspecified atom stereocenters. The molecule has 0 saturated carbocycles. The molecule has 0 saturated heterocycles. The van der Waals surface area contributed by atoms with Gasteiger partial charge in [-0.05, 0) is 43.5 Å². The molecular formula is C20H21N3O4S. The largest absolute Gasteiger partial charge is 0.452 e. The van der Waals surface area contributed by atoms with Crippen molar-refractivity contribution in [2.45, 2.75) is 40.7 Å². The van der Waals surface area contributed by atoms with Crippen LogP contribution in [0.2, 0.25) is 0 Å². The molecule has 1 N–H and O–H groups in total. The molecule has 28 heavy (non-hydrogen) atoms. The summed E-state index contributed by atoms with van der Waals surface area (Å²) >= 11 is 1.61. The quantitative estimate of drug-likeness (QED) is 0.621. The summed E-state index contributed by atoms with van der Waals surface area (Å²) in [4.78, 5) is 26.0. The van der Waals surface area contributed by atoms with Crippen LogP contribution in [0.25, 0.3) is 10.8 Å². The first-order chi connectivity index (χ1) is 13.4. The lowest BCUT2D eigenvalue weighted by Crippen LogP contribution is -2.14. The molecule has 0 bridgehead atoms. The molecule has 3 aromatic rings. The molecule has 8 heteroatoms. The van der Waals surface area contributed by atoms with E-state index in [0.29, 0.717) is 11.6 Å². The van der Waals surface area contributed by atoms with E-state index >= 15 is 0 Å². The van der Waals surface area contributed by atoms with E-state index in [2.05, 4.69) is 22.4 Å². The van der Waals surface area contributed by atoms with Gasteiger partial charge >= 0.3 is 5.97 Å². The molecule has 0 fully saturated rings. The van der Waals surface area contributed by atoms with Crippen LogP contribution in [0.15, 0.2) is 28.7 Å². The SMILES string of the molecule is CCc1sc(-c2nnc(COC(=O)c3cccc(C)c3NC(C)=O)o2)cc1C. The Morgan fingerprint density at radius 2 is 2.00 bits per heavy atom. The number of amides is 1. The zero-order valence-corrected chi connectivity index (χ0v) is 17.0. The number of rotatable bonds is 6. The fourth-order valence-electron chi connectivity index (χ4n) is 2.77. The molecule has 2 heterocycles. The van der Waals surface area contributed by atoms with Gasteiger partial charge in [-0.2, -0.15) is 0 Å². The maximum atomic E-state index is 12.5. The molecule has 0 radical (unpaired) electrons. The van der Waals surface area contributed by atoms with Gasteiger partial charge in [0.15, 0.2) is 6.61 Å². The summed E-state index contributed by atoms with van der Waals surface area (Å²) in [6.45, 7) is 7.19. The number of carbonyl (C=O) groups excluding carboxylic acids is 2. The number of thiophene rings is 1. The minimum absolute atomic E-state index is 0.149. The van der Waals surface area contributed by atoms with Gasteiger partial charge in [0.05, 0.1) is 16.1 Å². The Kier molecular flexibility index (Phi) is 5.89. The number of aromatic nitrogens is 2. The van der Waals surface area contributed by atoms with Crippen LogP contribution in [0.1, 0.15) is 46.1 Å². The Hall–Kier alpha value is -3.00. The van der Waals surface area contributed by atoms with E-state index < -0.39 is 5.97 Å². The second kappa shape index (κ2) is 8.35. The minimum atomic E-state index is -0.576. The number of nitrogens with one attached hydrogen (secondary N) is 1. The number of para-hydroxylation sites is 1. The summed E-state index contributed by atoms with van der Waals surface area (Å²) in [6.07, 6.45) is 0.947. The van der Waals surface area contributed by atoms with E-state index in [0.717, 1.165) is 16.9 Å². The van der Waals surface area contributed by atoms with Crippen molar-refractivity contribution in [3.63, 3.8) is 0 Å². The normalized spacial score (nSPS) is 10.7. The number of anilines is 1. The monoisotopic (exact) mass is 399 g/mol. The molecule has 1 amide bonds. The summed E-state index contributed by atoms with van der Waals surface area (Å²) in [5, 5.41) is 10.7. The van der Waals surface area contributed by atoms with Gasteiger partial charge in [0.2, 0.25) is 5.91 Å². The van der Waals surface area contributed by atoms with Crippen molar-refractivity contribution in [1.82, 2.24) is 10.2 Å². The standard InChI is InChI=1S/C20H21N3O4S/c1-5-15-12(3)9-16(28-15)19-23-22-17(27-19)10-26-20(25)14-8-6-7-11(2)18(14)21-13(4)24/h6-9H,5,10H2,1-4H3,(H,21,24). The lowest BCUT2D eigenvalue weighted by atomic mass is 10.1. The van der Waals surface area contributed by atoms with Crippen molar-refractivity contribution in [2.75, 3.05) is 5.32 Å². The minimum Gasteiger partial charge on any atom is -0.452 e. The summed E-state index contributed by atoms with van der Waals surface area (Å²) in [5.41, 5.74) is 2.67. The van der Waals surface area contributed by atoms with Crippen LogP contribution in [-0.2, 0) is 22.6 Å². The Labute approximate surface area is 166 Å². The van der Waals surface area contributed by atoms with E-state index in [-0.39, 0.29) is 24.0 Å². The Morgan fingerprint density at radius 1 is 1.21 bits per heavy atom. The van der Waals surface area contributed by atoms with Crippen molar-refractivity contribution < 1.29 is 18.7 Å². The van der Waals surface area contributed by atoms with E-state index in [1.807, 2.05) is 13.0 Å². The molecular weight excluding hydrogens is 378 g/mol. The first-order valence-electron chi connectivity index (χ1n) is 8.85. The van der Waals surface area contributed by atoms with E-state index in [1.165, 1.54) is 17.4 Å². The average molecular weight is 399 g/mol. The Bertz CT molecular complexity index is 1020. The number of esters is 1. The number of nitrogens with zero attached hydrogens (tertiary/aromatic N) is 2. The molecule has 3 rings (SSSR count). The van der Waals surface area contributed by atoms with Gasteiger partial charge in [-0.3, -0.25) is 4.79 Å². The van der Waals surface area contributed by atoms with Gasteiger partial charge in [-0.25, -0.2) is 4.79 Å². The highest BCUT2D eigenvalue weighted by Crippen LogP contribution is 2.31. The molecule has 1 aromatic carbocycles. The van der Waals surface area contributed by atoms with Crippen molar-refractivity contribution in [3.8, 4) is 10.8 Å². The molecule has 0 aliphatic carbocycles. The Balaban J connectivity index is 1.71. The fraction of sp³-hybridized carbons (Fsp3) is 0.300. The maximum Gasteiger partial charge on any atom is 0.340 e. The number of hydrogen-bond acceptors (Lipinski definition) is 7. The first kappa shape index (κ1) is 19.8. The summed E-state index contributed by atoms with van der Waals surface area (Å²) in [6, 6.07) is 7.15. The molecule has 0 aliphatic rings. The number of hydrogen-bond donors (Lipinski definition) is 1. The van der Waals surface area contributed by atoms with E-state index in [1.54, 1.807) is 36.5 Å². The van der Waals surface area contributed by atoms with Crippen molar-refractivity contribution in [3.05, 3.63) is 51.7 Å². The van der Waals surface area contributed by atoms with Gasteiger partial charge in [-0.15, -0.1) is 21.5 Å². The van der Waals surface area contributed by atoms with Gasteiger partial charge in [0, 0.05) is 11.8 Å². The van der Waals surface area contributed by atoms with Gasteiger partial charge in [0.1, 0.15) is 0 Å². The van der Waals surface area contributed by atoms with Crippen molar-refractivity contribution >= 4 is 28.9 Å². The molecule has 146 valence electrons. The van der Waals surface area contributed by atoms with Crippen LogP contribution in [0.5, 0.6) is 0 Å². The zero-order valence-electron chi connectivity index (χ0n) is 16.2. The smallest absolute Gasteiger partial charge is 0.340 e. The lowest BCUT2D eigenvalue weighted by Gasteiger charge is -2.11. The average Bonchev–Trinajstić information content (AvgIpc) is 3.27. The third-order valence-electron chi connectivity index (χ3n) is 4.14. The number of ether oxygens (including phenoxy) is 1.